The van der Waals surface area contributed by atoms with Crippen molar-refractivity contribution in [1.82, 2.24) is 14.9 Å². The second-order valence-electron chi connectivity index (χ2n) is 6.84. The molecule has 0 fully saturated rings. The lowest BCUT2D eigenvalue weighted by molar-refractivity contribution is -0.128. The van der Waals surface area contributed by atoms with Gasteiger partial charge in [-0.05, 0) is 30.7 Å². The lowest BCUT2D eigenvalue weighted by Crippen LogP contribution is -2.41. The zero-order chi connectivity index (χ0) is 21.2. The number of nitrogens with one attached hydrogen (secondary N) is 1. The molecule has 1 aromatic heterocycles. The van der Waals surface area contributed by atoms with Gasteiger partial charge in [0.1, 0.15) is 12.4 Å². The molecule has 3 aromatic rings. The molecule has 0 aliphatic carbocycles. The topological polar surface area (TPSA) is 103 Å². The minimum absolute atomic E-state index is 0.0459. The fourth-order valence-electron chi connectivity index (χ4n) is 2.99. The summed E-state index contributed by atoms with van der Waals surface area (Å²) in [5.41, 5.74) is 1.44. The van der Waals surface area contributed by atoms with Crippen LogP contribution in [-0.2, 0) is 21.4 Å². The van der Waals surface area contributed by atoms with Gasteiger partial charge in [-0.3, -0.25) is 13.9 Å². The summed E-state index contributed by atoms with van der Waals surface area (Å²) in [5, 5.41) is 0.466. The van der Waals surface area contributed by atoms with E-state index in [2.05, 4.69) is 9.97 Å². The maximum absolute atomic E-state index is 12.7. The molecule has 0 atom stereocenters. The van der Waals surface area contributed by atoms with Crippen molar-refractivity contribution in [3.05, 3.63) is 70.3 Å². The lowest BCUT2D eigenvalue weighted by Gasteiger charge is -2.26. The first kappa shape index (κ1) is 20.5. The number of amides is 1. The van der Waals surface area contributed by atoms with E-state index >= 15 is 0 Å². The Morgan fingerprint density at radius 1 is 1.10 bits per heavy atom. The van der Waals surface area contributed by atoms with Crippen molar-refractivity contribution in [3.63, 3.8) is 0 Å². The molecule has 9 heteroatoms. The van der Waals surface area contributed by atoms with Crippen molar-refractivity contribution >= 4 is 32.5 Å². The Labute approximate surface area is 168 Å². The summed E-state index contributed by atoms with van der Waals surface area (Å²) >= 11 is 0. The van der Waals surface area contributed by atoms with Gasteiger partial charge in [0.05, 0.1) is 29.4 Å². The molecule has 0 saturated carbocycles. The van der Waals surface area contributed by atoms with Crippen LogP contribution in [0.1, 0.15) is 11.4 Å². The van der Waals surface area contributed by atoms with E-state index < -0.39 is 15.9 Å². The van der Waals surface area contributed by atoms with E-state index in [9.17, 15) is 18.0 Å². The van der Waals surface area contributed by atoms with Gasteiger partial charge in [0.15, 0.2) is 0 Å². The van der Waals surface area contributed by atoms with Crippen LogP contribution in [0.5, 0.6) is 0 Å². The molecule has 8 nitrogen and oxygen atoms in total. The highest BCUT2D eigenvalue weighted by molar-refractivity contribution is 7.92. The molecule has 0 aliphatic rings. The Bertz CT molecular complexity index is 1220. The standard InChI is InChI=1S/C20H22N4O4S/c1-14-8-4-7-11-17(14)24(29(3,27)28)13-19(25)23(2)12-18-21-16-10-6-5-9-15(16)20(26)22-18/h4-11H,12-13H2,1-3H3,(H,21,22,26). The molecule has 0 saturated heterocycles. The number of para-hydroxylation sites is 2. The first-order valence-electron chi connectivity index (χ1n) is 8.92. The van der Waals surface area contributed by atoms with Crippen molar-refractivity contribution < 1.29 is 13.2 Å². The van der Waals surface area contributed by atoms with E-state index in [1.807, 2.05) is 0 Å². The summed E-state index contributed by atoms with van der Waals surface area (Å²) in [4.78, 5) is 33.3. The van der Waals surface area contributed by atoms with Gasteiger partial charge in [0.25, 0.3) is 5.56 Å². The fraction of sp³-hybridized carbons (Fsp3) is 0.250. The molecule has 0 aliphatic heterocycles. The molecule has 29 heavy (non-hydrogen) atoms. The largest absolute Gasteiger partial charge is 0.337 e. The molecule has 0 bridgehead atoms. The van der Waals surface area contributed by atoms with Crippen LogP contribution in [0, 0.1) is 6.92 Å². The molecular formula is C20H22N4O4S. The number of likely N-dealkylation sites (N-methyl/N-ethyl adjacent to an activating group) is 1. The van der Waals surface area contributed by atoms with Gasteiger partial charge >= 0.3 is 0 Å². The van der Waals surface area contributed by atoms with Crippen molar-refractivity contribution in [3.8, 4) is 0 Å². The summed E-state index contributed by atoms with van der Waals surface area (Å²) in [6.45, 7) is 1.48. The summed E-state index contributed by atoms with van der Waals surface area (Å²) in [7, 11) is -2.13. The average molecular weight is 414 g/mol. The third-order valence-corrected chi connectivity index (χ3v) is 5.66. The molecule has 152 valence electrons. The highest BCUT2D eigenvalue weighted by Crippen LogP contribution is 2.22. The normalized spacial score (nSPS) is 11.4. The molecule has 0 radical (unpaired) electrons. The zero-order valence-electron chi connectivity index (χ0n) is 16.4. The average Bonchev–Trinajstić information content (AvgIpc) is 2.66. The minimum Gasteiger partial charge on any atom is -0.337 e. The van der Waals surface area contributed by atoms with Gasteiger partial charge in [0.2, 0.25) is 15.9 Å². The maximum atomic E-state index is 12.7. The molecule has 1 N–H and O–H groups in total. The number of aromatic nitrogens is 2. The van der Waals surface area contributed by atoms with Crippen LogP contribution < -0.4 is 9.86 Å². The number of carbonyl (C=O) groups excluding carboxylic acids is 1. The van der Waals surface area contributed by atoms with Crippen molar-refractivity contribution in [1.29, 1.82) is 0 Å². The summed E-state index contributed by atoms with van der Waals surface area (Å²) in [6, 6.07) is 13.9. The number of sulfonamides is 1. The van der Waals surface area contributed by atoms with Crippen LogP contribution in [0.2, 0.25) is 0 Å². The summed E-state index contributed by atoms with van der Waals surface area (Å²) < 4.78 is 25.7. The Morgan fingerprint density at radius 3 is 2.45 bits per heavy atom. The quantitative estimate of drug-likeness (QED) is 0.661. The molecule has 1 heterocycles. The van der Waals surface area contributed by atoms with Gasteiger partial charge in [-0.15, -0.1) is 0 Å². The van der Waals surface area contributed by atoms with Crippen LogP contribution in [0.4, 0.5) is 5.69 Å². The van der Waals surface area contributed by atoms with Crippen LogP contribution in [0.15, 0.2) is 53.3 Å². The van der Waals surface area contributed by atoms with E-state index in [0.717, 1.165) is 16.1 Å². The Kier molecular flexibility index (Phi) is 5.69. The zero-order valence-corrected chi connectivity index (χ0v) is 17.2. The minimum atomic E-state index is -3.67. The van der Waals surface area contributed by atoms with Crippen molar-refractivity contribution in [2.24, 2.45) is 0 Å². The van der Waals surface area contributed by atoms with Crippen molar-refractivity contribution in [2.45, 2.75) is 13.5 Å². The van der Waals surface area contributed by atoms with Crippen LogP contribution in [0.25, 0.3) is 10.9 Å². The van der Waals surface area contributed by atoms with E-state index in [4.69, 9.17) is 0 Å². The van der Waals surface area contributed by atoms with E-state index in [1.54, 1.807) is 55.5 Å². The predicted octanol–water partition coefficient (Wildman–Crippen LogP) is 1.66. The van der Waals surface area contributed by atoms with Gasteiger partial charge in [-0.1, -0.05) is 30.3 Å². The fourth-order valence-corrected chi connectivity index (χ4v) is 3.90. The number of carbonyl (C=O) groups is 1. The van der Waals surface area contributed by atoms with Crippen LogP contribution in [0.3, 0.4) is 0 Å². The number of hydrogen-bond acceptors (Lipinski definition) is 5. The monoisotopic (exact) mass is 414 g/mol. The van der Waals surface area contributed by atoms with Gasteiger partial charge in [-0.2, -0.15) is 0 Å². The number of aryl methyl sites for hydroxylation is 1. The maximum Gasteiger partial charge on any atom is 0.258 e. The second kappa shape index (κ2) is 8.04. The van der Waals surface area contributed by atoms with E-state index in [0.29, 0.717) is 22.4 Å². The van der Waals surface area contributed by atoms with Gasteiger partial charge in [-0.25, -0.2) is 13.4 Å². The number of H-pyrrole nitrogens is 1. The summed E-state index contributed by atoms with van der Waals surface area (Å²) in [6.07, 6.45) is 1.06. The summed E-state index contributed by atoms with van der Waals surface area (Å²) in [5.74, 6) is -0.0965. The van der Waals surface area contributed by atoms with Gasteiger partial charge < -0.3 is 9.88 Å². The SMILES string of the molecule is Cc1ccccc1N(CC(=O)N(C)Cc1nc2ccccc2c(=O)[nH]1)S(C)(=O)=O. The smallest absolute Gasteiger partial charge is 0.258 e. The molecule has 1 amide bonds. The first-order chi connectivity index (χ1) is 13.7. The number of fused-ring (bicyclic) bond motifs is 1. The molecule has 0 spiro atoms. The molecular weight excluding hydrogens is 392 g/mol. The molecule has 3 rings (SSSR count). The Hall–Kier alpha value is -3.20. The number of aromatic amines is 1. The highest BCUT2D eigenvalue weighted by Gasteiger charge is 2.24. The lowest BCUT2D eigenvalue weighted by atomic mass is 10.2. The van der Waals surface area contributed by atoms with Crippen LogP contribution in [-0.4, -0.2) is 49.0 Å². The number of nitrogens with zero attached hydrogens (tertiary/aromatic N) is 3. The van der Waals surface area contributed by atoms with E-state index in [-0.39, 0.29) is 18.6 Å². The molecule has 0 unspecified atom stereocenters. The van der Waals surface area contributed by atoms with Crippen molar-refractivity contribution in [2.75, 3.05) is 24.2 Å². The number of hydrogen-bond donors (Lipinski definition) is 1. The first-order valence-corrected chi connectivity index (χ1v) is 10.8. The predicted molar refractivity (Wildman–Crippen MR) is 112 cm³/mol. The molecule has 2 aromatic carbocycles. The number of anilines is 1. The second-order valence-corrected chi connectivity index (χ2v) is 8.74. The third kappa shape index (κ3) is 4.62. The Morgan fingerprint density at radius 2 is 1.76 bits per heavy atom. The van der Waals surface area contributed by atoms with Crippen LogP contribution >= 0.6 is 0 Å². The van der Waals surface area contributed by atoms with Gasteiger partial charge in [0, 0.05) is 7.05 Å². The van der Waals surface area contributed by atoms with E-state index in [1.165, 1.54) is 11.9 Å². The third-order valence-electron chi connectivity index (χ3n) is 4.54. The number of benzene rings is 2. The Balaban J connectivity index is 1.82. The number of rotatable bonds is 6. The highest BCUT2D eigenvalue weighted by atomic mass is 32.2.